The van der Waals surface area contributed by atoms with Crippen molar-refractivity contribution in [2.45, 2.75) is 11.3 Å². The van der Waals surface area contributed by atoms with Crippen LogP contribution >= 0.6 is 28.6 Å². The van der Waals surface area contributed by atoms with E-state index in [1.54, 1.807) is 12.1 Å². The number of hydrogen-bond donors (Lipinski definition) is 3. The van der Waals surface area contributed by atoms with Gasteiger partial charge in [-0.05, 0) is 17.7 Å². The van der Waals surface area contributed by atoms with Crippen molar-refractivity contribution >= 4 is 40.2 Å². The topological polar surface area (TPSA) is 63.3 Å². The monoisotopic (exact) mass is 261 g/mol. The maximum atomic E-state index is 10.4. The smallest absolute Gasteiger partial charge is 0.307 e. The summed E-state index contributed by atoms with van der Waals surface area (Å²) in [5.41, 5.74) is 6.77. The van der Waals surface area contributed by atoms with E-state index in [1.807, 2.05) is 0 Å². The molecule has 0 aliphatic rings. The van der Waals surface area contributed by atoms with Gasteiger partial charge in [0.25, 0.3) is 0 Å². The molecule has 1 aromatic carbocycles. The van der Waals surface area contributed by atoms with Gasteiger partial charge in [-0.25, -0.2) is 0 Å². The molecule has 0 saturated heterocycles. The fourth-order valence-corrected chi connectivity index (χ4v) is 1.64. The number of carbonyl (C=O) groups is 1. The molecule has 0 saturated carbocycles. The molecule has 0 amide bonds. The number of carboxylic acids is 1. The second kappa shape index (κ2) is 4.02. The maximum absolute atomic E-state index is 10.4. The molecular formula is C8H8BrNO2S. The number of nitrogens with two attached hydrogens (primary N) is 1. The predicted molar refractivity (Wildman–Crippen MR) is 57.1 cm³/mol. The second-order valence-corrected chi connectivity index (χ2v) is 3.91. The summed E-state index contributed by atoms with van der Waals surface area (Å²) < 4.78 is 0.699. The van der Waals surface area contributed by atoms with E-state index in [0.717, 1.165) is 0 Å². The van der Waals surface area contributed by atoms with Gasteiger partial charge in [0.1, 0.15) is 0 Å². The molecule has 13 heavy (non-hydrogen) atoms. The molecule has 1 aromatic rings. The zero-order valence-electron chi connectivity index (χ0n) is 6.62. The van der Waals surface area contributed by atoms with Gasteiger partial charge >= 0.3 is 5.97 Å². The fraction of sp³-hybridized carbons (Fsp3) is 0.125. The van der Waals surface area contributed by atoms with Crippen LogP contribution in [-0.2, 0) is 11.2 Å². The standard InChI is InChI=1S/C8H8BrNO2S/c9-5-3-6(10)7(13)1-4(5)2-8(11)12/h1,3,13H,2,10H2,(H,11,12). The highest BCUT2D eigenvalue weighted by molar-refractivity contribution is 9.10. The van der Waals surface area contributed by atoms with E-state index in [9.17, 15) is 4.79 Å². The number of hydrogen-bond acceptors (Lipinski definition) is 3. The summed E-state index contributed by atoms with van der Waals surface area (Å²) >= 11 is 7.33. The number of benzene rings is 1. The number of rotatable bonds is 2. The van der Waals surface area contributed by atoms with Crippen LogP contribution in [0.1, 0.15) is 5.56 Å². The van der Waals surface area contributed by atoms with Gasteiger partial charge in [0.2, 0.25) is 0 Å². The Hall–Kier alpha value is -0.680. The Morgan fingerprint density at radius 1 is 1.62 bits per heavy atom. The molecule has 3 N–H and O–H groups in total. The summed E-state index contributed by atoms with van der Waals surface area (Å²) in [6.07, 6.45) is -0.0333. The molecule has 0 aliphatic carbocycles. The molecule has 0 bridgehead atoms. The third-order valence-corrected chi connectivity index (χ3v) is 2.66. The minimum Gasteiger partial charge on any atom is -0.481 e. The van der Waals surface area contributed by atoms with Crippen LogP contribution in [0.25, 0.3) is 0 Å². The Balaban J connectivity index is 3.08. The summed E-state index contributed by atoms with van der Waals surface area (Å²) in [4.78, 5) is 11.0. The van der Waals surface area contributed by atoms with Crippen LogP contribution in [0.2, 0.25) is 0 Å². The van der Waals surface area contributed by atoms with Gasteiger partial charge < -0.3 is 10.8 Å². The van der Waals surface area contributed by atoms with E-state index < -0.39 is 5.97 Å². The molecule has 0 fully saturated rings. The van der Waals surface area contributed by atoms with Gasteiger partial charge in [-0.1, -0.05) is 15.9 Å². The maximum Gasteiger partial charge on any atom is 0.307 e. The second-order valence-electron chi connectivity index (χ2n) is 2.57. The number of nitrogen functional groups attached to an aromatic ring is 1. The van der Waals surface area contributed by atoms with Gasteiger partial charge in [-0.15, -0.1) is 12.6 Å². The Morgan fingerprint density at radius 2 is 2.23 bits per heavy atom. The predicted octanol–water partition coefficient (Wildman–Crippen LogP) is 1.95. The highest BCUT2D eigenvalue weighted by Crippen LogP contribution is 2.26. The number of thiol groups is 1. The lowest BCUT2D eigenvalue weighted by Crippen LogP contribution is -2.01. The first kappa shape index (κ1) is 10.4. The molecular weight excluding hydrogens is 254 g/mol. The van der Waals surface area contributed by atoms with Crippen LogP contribution in [0, 0.1) is 0 Å². The van der Waals surface area contributed by atoms with E-state index >= 15 is 0 Å². The van der Waals surface area contributed by atoms with Gasteiger partial charge in [-0.2, -0.15) is 0 Å². The number of aliphatic carboxylic acids is 1. The average Bonchev–Trinajstić information content (AvgIpc) is 1.99. The molecule has 0 aliphatic heterocycles. The van der Waals surface area contributed by atoms with E-state index in [1.165, 1.54) is 0 Å². The highest BCUT2D eigenvalue weighted by Gasteiger charge is 2.07. The van der Waals surface area contributed by atoms with E-state index in [4.69, 9.17) is 10.8 Å². The summed E-state index contributed by atoms with van der Waals surface area (Å²) in [7, 11) is 0. The SMILES string of the molecule is Nc1cc(Br)c(CC(=O)O)cc1S. The zero-order chi connectivity index (χ0) is 10.0. The Labute approximate surface area is 89.5 Å². The quantitative estimate of drug-likeness (QED) is 0.563. The normalized spacial score (nSPS) is 10.0. The molecule has 5 heteroatoms. The Bertz CT molecular complexity index is 354. The van der Waals surface area contributed by atoms with Crippen molar-refractivity contribution in [1.82, 2.24) is 0 Å². The molecule has 3 nitrogen and oxygen atoms in total. The van der Waals surface area contributed by atoms with Crippen molar-refractivity contribution in [3.8, 4) is 0 Å². The molecule has 1 rings (SSSR count). The Kier molecular flexibility index (Phi) is 3.22. The Morgan fingerprint density at radius 3 is 2.77 bits per heavy atom. The van der Waals surface area contributed by atoms with Crippen molar-refractivity contribution in [2.75, 3.05) is 5.73 Å². The third-order valence-electron chi connectivity index (χ3n) is 1.54. The zero-order valence-corrected chi connectivity index (χ0v) is 9.10. The van der Waals surface area contributed by atoms with Crippen molar-refractivity contribution in [3.63, 3.8) is 0 Å². The molecule has 0 heterocycles. The first-order valence-electron chi connectivity index (χ1n) is 3.49. The largest absolute Gasteiger partial charge is 0.481 e. The van der Waals surface area contributed by atoms with Crippen molar-refractivity contribution in [2.24, 2.45) is 0 Å². The van der Waals surface area contributed by atoms with Gasteiger partial charge in [0.05, 0.1) is 6.42 Å². The molecule has 0 unspecified atom stereocenters. The van der Waals surface area contributed by atoms with E-state index in [2.05, 4.69) is 28.6 Å². The highest BCUT2D eigenvalue weighted by atomic mass is 79.9. The van der Waals surface area contributed by atoms with Crippen LogP contribution in [0.3, 0.4) is 0 Å². The first-order chi connectivity index (χ1) is 6.00. The number of halogens is 1. The van der Waals surface area contributed by atoms with E-state index in [0.29, 0.717) is 20.6 Å². The molecule has 70 valence electrons. The van der Waals surface area contributed by atoms with Crippen LogP contribution in [-0.4, -0.2) is 11.1 Å². The summed E-state index contributed by atoms with van der Waals surface area (Å²) in [5.74, 6) is -0.877. The molecule has 0 atom stereocenters. The van der Waals surface area contributed by atoms with Gasteiger partial charge in [0.15, 0.2) is 0 Å². The number of carboxylic acid groups (broad SMARTS) is 1. The fourth-order valence-electron chi connectivity index (χ4n) is 0.919. The van der Waals surface area contributed by atoms with E-state index in [-0.39, 0.29) is 6.42 Å². The minimum absolute atomic E-state index is 0.0333. The van der Waals surface area contributed by atoms with Crippen molar-refractivity contribution < 1.29 is 9.90 Å². The lowest BCUT2D eigenvalue weighted by atomic mass is 10.1. The minimum atomic E-state index is -0.877. The third kappa shape index (κ3) is 2.63. The lowest BCUT2D eigenvalue weighted by Gasteiger charge is -2.05. The summed E-state index contributed by atoms with van der Waals surface area (Å²) in [5, 5.41) is 8.57. The van der Waals surface area contributed by atoms with Gasteiger partial charge in [-0.3, -0.25) is 4.79 Å². The molecule has 0 spiro atoms. The van der Waals surface area contributed by atoms with Crippen LogP contribution in [0.4, 0.5) is 5.69 Å². The lowest BCUT2D eigenvalue weighted by molar-refractivity contribution is -0.136. The molecule has 0 aromatic heterocycles. The van der Waals surface area contributed by atoms with Crippen molar-refractivity contribution in [1.29, 1.82) is 0 Å². The average molecular weight is 262 g/mol. The summed E-state index contributed by atoms with van der Waals surface area (Å²) in [6.45, 7) is 0. The molecule has 0 radical (unpaired) electrons. The van der Waals surface area contributed by atoms with Crippen molar-refractivity contribution in [3.05, 3.63) is 22.2 Å². The van der Waals surface area contributed by atoms with Gasteiger partial charge in [0, 0.05) is 15.1 Å². The number of anilines is 1. The van der Waals surface area contributed by atoms with Crippen LogP contribution in [0.5, 0.6) is 0 Å². The summed E-state index contributed by atoms with van der Waals surface area (Å²) in [6, 6.07) is 3.30. The first-order valence-corrected chi connectivity index (χ1v) is 4.73. The van der Waals surface area contributed by atoms with Crippen LogP contribution in [0.15, 0.2) is 21.5 Å². The van der Waals surface area contributed by atoms with Crippen LogP contribution < -0.4 is 5.73 Å².